The lowest BCUT2D eigenvalue weighted by Crippen LogP contribution is -2.09. The molecule has 0 N–H and O–H groups in total. The zero-order chi connectivity index (χ0) is 17.4. The third-order valence-corrected chi connectivity index (χ3v) is 4.01. The molecule has 122 valence electrons. The van der Waals surface area contributed by atoms with E-state index in [2.05, 4.69) is 27.4 Å². The normalized spacial score (nSPS) is 12.6. The van der Waals surface area contributed by atoms with Gasteiger partial charge in [0.2, 0.25) is 0 Å². The minimum Gasteiger partial charge on any atom is -0.461 e. The van der Waals surface area contributed by atoms with Gasteiger partial charge in [-0.3, -0.25) is 0 Å². The fourth-order valence-electron chi connectivity index (χ4n) is 2.48. The van der Waals surface area contributed by atoms with E-state index in [1.54, 1.807) is 12.1 Å². The predicted molar refractivity (Wildman–Crippen MR) is 96.1 cm³/mol. The van der Waals surface area contributed by atoms with Crippen LogP contribution in [0.3, 0.4) is 0 Å². The third-order valence-electron chi connectivity index (χ3n) is 3.70. The Morgan fingerprint density at radius 3 is 2.35 bits per heavy atom. The van der Waals surface area contributed by atoms with Crippen LogP contribution in [0, 0.1) is 25.1 Å². The quantitative estimate of drug-likeness (QED) is 0.561. The largest absolute Gasteiger partial charge is 0.461 e. The van der Waals surface area contributed by atoms with E-state index >= 15 is 0 Å². The maximum Gasteiger partial charge on any atom is 0.142 e. The molecule has 0 aliphatic carbocycles. The minimum atomic E-state index is -0.443. The molecule has 0 atom stereocenters. The van der Waals surface area contributed by atoms with Crippen molar-refractivity contribution in [1.82, 2.24) is 0 Å². The van der Waals surface area contributed by atoms with Crippen LogP contribution in [0.15, 0.2) is 41.3 Å². The van der Waals surface area contributed by atoms with E-state index in [1.165, 1.54) is 6.07 Å². The van der Waals surface area contributed by atoms with Gasteiger partial charge in [0, 0.05) is 5.57 Å². The van der Waals surface area contributed by atoms with Gasteiger partial charge in [0.15, 0.2) is 0 Å². The monoisotopic (exact) mass is 332 g/mol. The van der Waals surface area contributed by atoms with Gasteiger partial charge in [-0.15, -0.1) is 0 Å². The molecule has 0 unspecified atom stereocenters. The number of halogens is 2. The van der Waals surface area contributed by atoms with Gasteiger partial charge in [-0.25, -0.2) is 4.39 Å². The summed E-state index contributed by atoms with van der Waals surface area (Å²) in [6.45, 7) is 14.4. The highest BCUT2D eigenvalue weighted by Crippen LogP contribution is 2.38. The van der Waals surface area contributed by atoms with Gasteiger partial charge in [-0.1, -0.05) is 45.0 Å². The molecule has 0 saturated heterocycles. The second-order valence-corrected chi connectivity index (χ2v) is 7.24. The molecule has 0 saturated carbocycles. The van der Waals surface area contributed by atoms with E-state index in [4.69, 9.17) is 16.0 Å². The van der Waals surface area contributed by atoms with Crippen LogP contribution in [-0.4, -0.2) is 0 Å². The third kappa shape index (κ3) is 3.94. The highest BCUT2D eigenvalue weighted by molar-refractivity contribution is 6.30. The Bertz CT molecular complexity index is 775. The second-order valence-electron chi connectivity index (χ2n) is 6.83. The van der Waals surface area contributed by atoms with Gasteiger partial charge >= 0.3 is 0 Å². The van der Waals surface area contributed by atoms with E-state index in [9.17, 15) is 4.39 Å². The zero-order valence-corrected chi connectivity index (χ0v) is 15.0. The minimum absolute atomic E-state index is 0.110. The van der Waals surface area contributed by atoms with Crippen molar-refractivity contribution in [2.24, 2.45) is 5.41 Å². The standard InChI is InChI=1S/C20H22ClFO/c1-12(15-7-8-17(21)18(22)11-15)10-16(20(4,5)6)19-13(2)9-14(3)23-19/h7-11H,1H2,2-6H3/b16-10+. The second kappa shape index (κ2) is 6.37. The van der Waals surface area contributed by atoms with Crippen molar-refractivity contribution >= 4 is 22.7 Å². The summed E-state index contributed by atoms with van der Waals surface area (Å²) in [6, 6.07) is 6.73. The van der Waals surface area contributed by atoms with Crippen molar-refractivity contribution in [3.8, 4) is 0 Å². The maximum atomic E-state index is 13.7. The van der Waals surface area contributed by atoms with Crippen molar-refractivity contribution < 1.29 is 8.81 Å². The molecular weight excluding hydrogens is 311 g/mol. The highest BCUT2D eigenvalue weighted by Gasteiger charge is 2.24. The van der Waals surface area contributed by atoms with Crippen LogP contribution in [0.25, 0.3) is 11.1 Å². The highest BCUT2D eigenvalue weighted by atomic mass is 35.5. The molecule has 0 aliphatic heterocycles. The molecule has 1 nitrogen and oxygen atoms in total. The number of aryl methyl sites for hydroxylation is 2. The summed E-state index contributed by atoms with van der Waals surface area (Å²) in [6.07, 6.45) is 1.97. The Morgan fingerprint density at radius 1 is 1.22 bits per heavy atom. The molecule has 1 heterocycles. The Morgan fingerprint density at radius 2 is 1.87 bits per heavy atom. The average Bonchev–Trinajstić information content (AvgIpc) is 2.76. The first-order valence-corrected chi connectivity index (χ1v) is 7.91. The van der Waals surface area contributed by atoms with Crippen LogP contribution < -0.4 is 0 Å². The molecule has 1 aromatic carbocycles. The van der Waals surface area contributed by atoms with Crippen LogP contribution in [0.5, 0.6) is 0 Å². The molecule has 2 aromatic rings. The molecule has 0 spiro atoms. The van der Waals surface area contributed by atoms with Crippen molar-refractivity contribution in [2.75, 3.05) is 0 Å². The summed E-state index contributed by atoms with van der Waals surface area (Å²) in [5.74, 6) is 1.28. The first-order valence-electron chi connectivity index (χ1n) is 7.53. The molecule has 0 amide bonds. The molecule has 0 aliphatic rings. The van der Waals surface area contributed by atoms with E-state index < -0.39 is 5.82 Å². The van der Waals surface area contributed by atoms with Crippen LogP contribution in [0.4, 0.5) is 4.39 Å². The lowest BCUT2D eigenvalue weighted by Gasteiger charge is -2.23. The molecular formula is C20H22ClFO. The molecule has 1 aromatic heterocycles. The summed E-state index contributed by atoms with van der Waals surface area (Å²) in [5.41, 5.74) is 3.40. The van der Waals surface area contributed by atoms with E-state index in [1.807, 2.05) is 26.0 Å². The van der Waals surface area contributed by atoms with Crippen LogP contribution in [-0.2, 0) is 0 Å². The smallest absolute Gasteiger partial charge is 0.142 e. The van der Waals surface area contributed by atoms with Crippen molar-refractivity contribution in [2.45, 2.75) is 34.6 Å². The van der Waals surface area contributed by atoms with Gasteiger partial charge in [-0.2, -0.15) is 0 Å². The van der Waals surface area contributed by atoms with Gasteiger partial charge in [0.05, 0.1) is 5.02 Å². The average molecular weight is 333 g/mol. The Hall–Kier alpha value is -1.80. The molecule has 23 heavy (non-hydrogen) atoms. The number of hydrogen-bond donors (Lipinski definition) is 0. The van der Waals surface area contributed by atoms with Gasteiger partial charge < -0.3 is 4.42 Å². The van der Waals surface area contributed by atoms with Crippen molar-refractivity contribution in [1.29, 1.82) is 0 Å². The summed E-state index contributed by atoms with van der Waals surface area (Å²) < 4.78 is 19.6. The summed E-state index contributed by atoms with van der Waals surface area (Å²) >= 11 is 5.75. The fourth-order valence-corrected chi connectivity index (χ4v) is 2.60. The Labute approximate surface area is 142 Å². The number of allylic oxidation sites excluding steroid dienone is 3. The molecule has 3 heteroatoms. The summed E-state index contributed by atoms with van der Waals surface area (Å²) in [5, 5.41) is 0.110. The topological polar surface area (TPSA) is 13.1 Å². The Kier molecular flexibility index (Phi) is 4.86. The number of benzene rings is 1. The summed E-state index contributed by atoms with van der Waals surface area (Å²) in [4.78, 5) is 0. The number of rotatable bonds is 3. The summed E-state index contributed by atoms with van der Waals surface area (Å²) in [7, 11) is 0. The van der Waals surface area contributed by atoms with Crippen LogP contribution in [0.2, 0.25) is 5.02 Å². The first kappa shape index (κ1) is 17.6. The predicted octanol–water partition coefficient (Wildman–Crippen LogP) is 6.83. The lowest BCUT2D eigenvalue weighted by atomic mass is 9.82. The molecule has 0 bridgehead atoms. The van der Waals surface area contributed by atoms with E-state index in [0.29, 0.717) is 5.56 Å². The Balaban J connectivity index is 2.51. The lowest BCUT2D eigenvalue weighted by molar-refractivity contribution is 0.485. The van der Waals surface area contributed by atoms with Gasteiger partial charge in [-0.05, 0) is 60.2 Å². The van der Waals surface area contributed by atoms with Gasteiger partial charge in [0.25, 0.3) is 0 Å². The van der Waals surface area contributed by atoms with E-state index in [-0.39, 0.29) is 10.4 Å². The fraction of sp³-hybridized carbons (Fsp3) is 0.300. The molecule has 2 rings (SSSR count). The number of hydrogen-bond acceptors (Lipinski definition) is 1. The first-order chi connectivity index (χ1) is 10.6. The van der Waals surface area contributed by atoms with Gasteiger partial charge in [0.1, 0.15) is 17.3 Å². The maximum absolute atomic E-state index is 13.7. The molecule has 0 radical (unpaired) electrons. The van der Waals surface area contributed by atoms with Crippen molar-refractivity contribution in [3.05, 3.63) is 70.4 Å². The van der Waals surface area contributed by atoms with Crippen LogP contribution in [0.1, 0.15) is 43.4 Å². The van der Waals surface area contributed by atoms with E-state index in [0.717, 1.165) is 28.2 Å². The molecule has 0 fully saturated rings. The number of furan rings is 1. The SMILES string of the molecule is C=C(/C=C(\c1oc(C)cc1C)C(C)(C)C)c1ccc(Cl)c(F)c1. The van der Waals surface area contributed by atoms with Crippen LogP contribution >= 0.6 is 11.6 Å². The van der Waals surface area contributed by atoms with Crippen molar-refractivity contribution in [3.63, 3.8) is 0 Å². The zero-order valence-electron chi connectivity index (χ0n) is 14.3.